The Morgan fingerprint density at radius 2 is 1.56 bits per heavy atom. The van der Waals surface area contributed by atoms with Crippen molar-refractivity contribution in [2.75, 3.05) is 0 Å². The Hall–Kier alpha value is -3.93. The van der Waals surface area contributed by atoms with Crippen molar-refractivity contribution in [3.8, 4) is 34.1 Å². The molecule has 2 heterocycles. The summed E-state index contributed by atoms with van der Waals surface area (Å²) in [6, 6.07) is 2.92. The normalized spacial score (nSPS) is 13.7. The standard InChI is InChI=1S/C30H32O6/c1-16(2)7-9-19-23(31)12-11-18(25(19)32)22-15-35-29-21-13-14-30(5,6)36-28(21)20(10-8-17(3)4)26(33)24(29)27(22)34/h7-8,11-15,31-33H,9-10H2,1-6H3. The summed E-state index contributed by atoms with van der Waals surface area (Å²) in [7, 11) is 0. The lowest BCUT2D eigenvalue weighted by Gasteiger charge is -2.30. The summed E-state index contributed by atoms with van der Waals surface area (Å²) in [5.41, 5.74) is 2.93. The molecule has 0 aliphatic carbocycles. The van der Waals surface area contributed by atoms with Gasteiger partial charge in [-0.3, -0.25) is 4.79 Å². The van der Waals surface area contributed by atoms with Crippen molar-refractivity contribution < 1.29 is 24.5 Å². The van der Waals surface area contributed by atoms with E-state index >= 15 is 0 Å². The summed E-state index contributed by atoms with van der Waals surface area (Å²) in [6.45, 7) is 11.6. The summed E-state index contributed by atoms with van der Waals surface area (Å²) in [5, 5.41) is 32.7. The molecular weight excluding hydrogens is 456 g/mol. The SMILES string of the molecule is CC(C)=CCc1c(O)ccc(-c2coc3c4c(c(CC=C(C)C)c(O)c3c2=O)OC(C)(C)C=C4)c1O. The largest absolute Gasteiger partial charge is 0.508 e. The van der Waals surface area contributed by atoms with E-state index in [-0.39, 0.29) is 39.3 Å². The average Bonchev–Trinajstić information content (AvgIpc) is 2.78. The number of hydrogen-bond donors (Lipinski definition) is 3. The Labute approximate surface area is 210 Å². The molecular formula is C30H32O6. The maximum absolute atomic E-state index is 13.8. The highest BCUT2D eigenvalue weighted by Gasteiger charge is 2.30. The molecule has 1 aliphatic heterocycles. The highest BCUT2D eigenvalue weighted by Crippen LogP contribution is 2.45. The minimum absolute atomic E-state index is 0.0229. The molecule has 0 unspecified atom stereocenters. The fraction of sp³-hybridized carbons (Fsp3) is 0.300. The second kappa shape index (κ2) is 9.26. The lowest BCUT2D eigenvalue weighted by atomic mass is 9.93. The van der Waals surface area contributed by atoms with Gasteiger partial charge in [-0.05, 0) is 78.7 Å². The molecule has 0 radical (unpaired) electrons. The van der Waals surface area contributed by atoms with E-state index < -0.39 is 11.0 Å². The van der Waals surface area contributed by atoms with E-state index in [4.69, 9.17) is 9.15 Å². The van der Waals surface area contributed by atoms with Gasteiger partial charge in [0.1, 0.15) is 40.2 Å². The van der Waals surface area contributed by atoms with Crippen molar-refractivity contribution in [2.45, 2.75) is 60.0 Å². The third-order valence-electron chi connectivity index (χ3n) is 6.27. The van der Waals surface area contributed by atoms with Gasteiger partial charge < -0.3 is 24.5 Å². The summed E-state index contributed by atoms with van der Waals surface area (Å²) >= 11 is 0. The van der Waals surface area contributed by atoms with E-state index in [2.05, 4.69) is 0 Å². The minimum Gasteiger partial charge on any atom is -0.508 e. The maximum Gasteiger partial charge on any atom is 0.204 e. The summed E-state index contributed by atoms with van der Waals surface area (Å²) < 4.78 is 12.1. The molecule has 0 atom stereocenters. The monoisotopic (exact) mass is 488 g/mol. The molecule has 2 aromatic carbocycles. The number of aromatic hydroxyl groups is 3. The Balaban J connectivity index is 2.01. The first-order valence-electron chi connectivity index (χ1n) is 11.9. The van der Waals surface area contributed by atoms with E-state index in [0.29, 0.717) is 35.3 Å². The molecule has 1 aliphatic rings. The zero-order valence-corrected chi connectivity index (χ0v) is 21.5. The predicted molar refractivity (Wildman–Crippen MR) is 143 cm³/mol. The zero-order valence-electron chi connectivity index (χ0n) is 21.5. The Morgan fingerprint density at radius 1 is 0.917 bits per heavy atom. The molecule has 6 nitrogen and oxygen atoms in total. The van der Waals surface area contributed by atoms with Crippen LogP contribution in [0.15, 0.2) is 57.0 Å². The van der Waals surface area contributed by atoms with Crippen LogP contribution < -0.4 is 10.2 Å². The van der Waals surface area contributed by atoms with Crippen molar-refractivity contribution in [1.82, 2.24) is 0 Å². The molecule has 0 bridgehead atoms. The van der Waals surface area contributed by atoms with Crippen molar-refractivity contribution in [1.29, 1.82) is 0 Å². The predicted octanol–water partition coefficient (Wildman–Crippen LogP) is 6.78. The summed E-state index contributed by atoms with van der Waals surface area (Å²) in [4.78, 5) is 13.8. The van der Waals surface area contributed by atoms with Crippen LogP contribution in [0.5, 0.6) is 23.0 Å². The molecule has 1 aromatic heterocycles. The van der Waals surface area contributed by atoms with Gasteiger partial charge >= 0.3 is 0 Å². The molecule has 0 amide bonds. The van der Waals surface area contributed by atoms with Crippen molar-refractivity contribution in [2.24, 2.45) is 0 Å². The Kier molecular flexibility index (Phi) is 6.48. The highest BCUT2D eigenvalue weighted by molar-refractivity contribution is 5.97. The number of allylic oxidation sites excluding steroid dienone is 4. The van der Waals surface area contributed by atoms with Crippen LogP contribution in [0, 0.1) is 0 Å². The van der Waals surface area contributed by atoms with E-state index in [1.807, 2.05) is 65.8 Å². The zero-order chi connectivity index (χ0) is 26.4. The first kappa shape index (κ1) is 25.2. The van der Waals surface area contributed by atoms with Crippen molar-refractivity contribution >= 4 is 17.0 Å². The lowest BCUT2D eigenvalue weighted by molar-refractivity contribution is 0.157. The van der Waals surface area contributed by atoms with Gasteiger partial charge in [-0.25, -0.2) is 0 Å². The number of benzene rings is 2. The average molecular weight is 489 g/mol. The molecule has 0 saturated carbocycles. The van der Waals surface area contributed by atoms with Crippen LogP contribution in [-0.2, 0) is 12.8 Å². The van der Waals surface area contributed by atoms with E-state index in [0.717, 1.165) is 11.1 Å². The Bertz CT molecular complexity index is 1510. The van der Waals surface area contributed by atoms with Crippen LogP contribution in [0.1, 0.15) is 58.2 Å². The van der Waals surface area contributed by atoms with Crippen LogP contribution in [-0.4, -0.2) is 20.9 Å². The van der Waals surface area contributed by atoms with Gasteiger partial charge in [0, 0.05) is 16.7 Å². The third-order valence-corrected chi connectivity index (χ3v) is 6.27. The summed E-state index contributed by atoms with van der Waals surface area (Å²) in [5.74, 6) is 0.0134. The molecule has 0 saturated heterocycles. The molecule has 0 spiro atoms. The van der Waals surface area contributed by atoms with Crippen LogP contribution in [0.25, 0.3) is 28.2 Å². The molecule has 0 fully saturated rings. The van der Waals surface area contributed by atoms with Gasteiger partial charge in [0.2, 0.25) is 5.43 Å². The second-order valence-electron chi connectivity index (χ2n) is 10.2. The third kappa shape index (κ3) is 4.51. The van der Waals surface area contributed by atoms with Crippen LogP contribution in [0.3, 0.4) is 0 Å². The topological polar surface area (TPSA) is 100 Å². The number of phenolic OH excluding ortho intramolecular Hbond substituents is 3. The second-order valence-corrected chi connectivity index (χ2v) is 10.2. The van der Waals surface area contributed by atoms with E-state index in [9.17, 15) is 20.1 Å². The first-order chi connectivity index (χ1) is 16.9. The summed E-state index contributed by atoms with van der Waals surface area (Å²) in [6.07, 6.45) is 9.53. The van der Waals surface area contributed by atoms with Crippen LogP contribution >= 0.6 is 0 Å². The fourth-order valence-electron chi connectivity index (χ4n) is 4.29. The van der Waals surface area contributed by atoms with Gasteiger partial charge in [0.15, 0.2) is 5.58 Å². The fourth-order valence-corrected chi connectivity index (χ4v) is 4.29. The van der Waals surface area contributed by atoms with Gasteiger partial charge in [0.05, 0.1) is 11.1 Å². The van der Waals surface area contributed by atoms with Gasteiger partial charge in [-0.2, -0.15) is 0 Å². The minimum atomic E-state index is -0.591. The Morgan fingerprint density at radius 3 is 2.19 bits per heavy atom. The maximum atomic E-state index is 13.8. The molecule has 188 valence electrons. The molecule has 3 N–H and O–H groups in total. The number of hydrogen-bond acceptors (Lipinski definition) is 6. The lowest BCUT2D eigenvalue weighted by Crippen LogP contribution is -2.28. The van der Waals surface area contributed by atoms with E-state index in [1.54, 1.807) is 0 Å². The number of phenols is 3. The molecule has 4 rings (SSSR count). The van der Waals surface area contributed by atoms with Gasteiger partial charge in [-0.1, -0.05) is 23.3 Å². The van der Waals surface area contributed by atoms with Gasteiger partial charge in [-0.15, -0.1) is 0 Å². The van der Waals surface area contributed by atoms with E-state index in [1.165, 1.54) is 18.4 Å². The number of ether oxygens (including phenoxy) is 1. The van der Waals surface area contributed by atoms with Crippen molar-refractivity contribution in [3.63, 3.8) is 0 Å². The molecule has 6 heteroatoms. The van der Waals surface area contributed by atoms with Gasteiger partial charge in [0.25, 0.3) is 0 Å². The van der Waals surface area contributed by atoms with Crippen LogP contribution in [0.2, 0.25) is 0 Å². The smallest absolute Gasteiger partial charge is 0.204 e. The number of rotatable bonds is 5. The number of fused-ring (bicyclic) bond motifs is 3. The first-order valence-corrected chi connectivity index (χ1v) is 11.9. The van der Waals surface area contributed by atoms with Crippen LogP contribution in [0.4, 0.5) is 0 Å². The molecule has 36 heavy (non-hydrogen) atoms. The van der Waals surface area contributed by atoms with Crippen molar-refractivity contribution in [3.05, 3.63) is 74.7 Å². The highest BCUT2D eigenvalue weighted by atomic mass is 16.5. The quantitative estimate of drug-likeness (QED) is 0.342. The molecule has 3 aromatic rings.